The van der Waals surface area contributed by atoms with Crippen molar-refractivity contribution in [2.45, 2.75) is 6.61 Å². The molecule has 0 saturated carbocycles. The van der Waals surface area contributed by atoms with E-state index in [0.29, 0.717) is 12.3 Å². The molecule has 0 heterocycles. The van der Waals surface area contributed by atoms with Gasteiger partial charge in [0.25, 0.3) is 5.69 Å². The van der Waals surface area contributed by atoms with Gasteiger partial charge in [0.15, 0.2) is 0 Å². The van der Waals surface area contributed by atoms with E-state index in [4.69, 9.17) is 4.74 Å². The van der Waals surface area contributed by atoms with Crippen molar-refractivity contribution < 1.29 is 9.66 Å². The van der Waals surface area contributed by atoms with Crippen LogP contribution in [0.1, 0.15) is 5.56 Å². The van der Waals surface area contributed by atoms with E-state index in [0.717, 1.165) is 15.8 Å². The molecule has 0 radical (unpaired) electrons. The highest BCUT2D eigenvalue weighted by molar-refractivity contribution is 9.10. The van der Waals surface area contributed by atoms with Gasteiger partial charge in [-0.3, -0.25) is 10.1 Å². The molecule has 0 fully saturated rings. The van der Waals surface area contributed by atoms with E-state index in [9.17, 15) is 10.1 Å². The van der Waals surface area contributed by atoms with Crippen molar-refractivity contribution >= 4 is 27.3 Å². The van der Waals surface area contributed by atoms with E-state index < -0.39 is 4.92 Å². The van der Waals surface area contributed by atoms with Gasteiger partial charge in [-0.15, -0.1) is 0 Å². The van der Waals surface area contributed by atoms with Gasteiger partial charge in [-0.25, -0.2) is 0 Å². The zero-order valence-corrected chi connectivity index (χ0v) is 12.4. The summed E-state index contributed by atoms with van der Waals surface area (Å²) in [6.07, 6.45) is 0. The quantitative estimate of drug-likeness (QED) is 0.662. The van der Waals surface area contributed by atoms with Gasteiger partial charge >= 0.3 is 0 Å². The molecule has 1 N–H and O–H groups in total. The van der Waals surface area contributed by atoms with Gasteiger partial charge in [0, 0.05) is 17.6 Å². The Labute approximate surface area is 124 Å². The first-order chi connectivity index (χ1) is 9.60. The van der Waals surface area contributed by atoms with Crippen LogP contribution in [0, 0.1) is 10.1 Å². The number of anilines is 1. The first-order valence-corrected chi connectivity index (χ1v) is 6.73. The fourth-order valence-corrected chi connectivity index (χ4v) is 1.99. The van der Waals surface area contributed by atoms with Crippen molar-refractivity contribution in [1.82, 2.24) is 0 Å². The van der Waals surface area contributed by atoms with Gasteiger partial charge in [0.2, 0.25) is 0 Å². The van der Waals surface area contributed by atoms with E-state index in [1.807, 2.05) is 24.3 Å². The number of halogens is 1. The fraction of sp³-hybridized carbons (Fsp3) is 0.143. The Morgan fingerprint density at radius 1 is 1.25 bits per heavy atom. The molecule has 20 heavy (non-hydrogen) atoms. The molecule has 0 atom stereocenters. The lowest BCUT2D eigenvalue weighted by Crippen LogP contribution is -2.00. The zero-order chi connectivity index (χ0) is 14.5. The molecule has 0 aliphatic carbocycles. The van der Waals surface area contributed by atoms with E-state index in [-0.39, 0.29) is 5.69 Å². The van der Waals surface area contributed by atoms with Crippen LogP contribution in [0.15, 0.2) is 46.9 Å². The van der Waals surface area contributed by atoms with Gasteiger partial charge in [-0.1, -0.05) is 15.9 Å². The number of hydrogen-bond donors (Lipinski definition) is 1. The predicted octanol–water partition coefficient (Wildman–Crippen LogP) is 3.98. The summed E-state index contributed by atoms with van der Waals surface area (Å²) in [5, 5.41) is 13.7. The molecule has 0 amide bonds. The van der Waals surface area contributed by atoms with E-state index in [2.05, 4.69) is 21.2 Å². The van der Waals surface area contributed by atoms with Gasteiger partial charge < -0.3 is 10.1 Å². The summed E-state index contributed by atoms with van der Waals surface area (Å²) in [6.45, 7) is 0.355. The lowest BCUT2D eigenvalue weighted by Gasteiger charge is -2.08. The summed E-state index contributed by atoms with van der Waals surface area (Å²) in [7, 11) is 1.65. The van der Waals surface area contributed by atoms with Gasteiger partial charge in [-0.05, 0) is 42.0 Å². The number of nitrogens with one attached hydrogen (secondary N) is 1. The summed E-state index contributed by atoms with van der Waals surface area (Å²) < 4.78 is 6.61. The molecule has 0 bridgehead atoms. The van der Waals surface area contributed by atoms with Gasteiger partial charge in [0.1, 0.15) is 18.0 Å². The Hall–Kier alpha value is -2.08. The minimum absolute atomic E-state index is 0.0555. The molecule has 0 aromatic heterocycles. The highest BCUT2D eigenvalue weighted by Gasteiger charge is 2.12. The van der Waals surface area contributed by atoms with Crippen LogP contribution < -0.4 is 10.1 Å². The number of nitro benzene ring substituents is 1. The van der Waals surface area contributed by atoms with Crippen LogP contribution in [0.2, 0.25) is 0 Å². The predicted molar refractivity (Wildman–Crippen MR) is 81.1 cm³/mol. The van der Waals surface area contributed by atoms with Crippen molar-refractivity contribution in [3.8, 4) is 5.75 Å². The SMILES string of the molecule is CNc1cc(COc2ccc(Br)cc2)ccc1[N+](=O)[O-]. The van der Waals surface area contributed by atoms with Crippen LogP contribution in [-0.2, 0) is 6.61 Å². The van der Waals surface area contributed by atoms with Crippen molar-refractivity contribution in [2.75, 3.05) is 12.4 Å². The second-order valence-corrected chi connectivity index (χ2v) is 5.02. The lowest BCUT2D eigenvalue weighted by atomic mass is 10.2. The fourth-order valence-electron chi connectivity index (χ4n) is 1.73. The summed E-state index contributed by atoms with van der Waals surface area (Å²) in [5.74, 6) is 0.748. The molecule has 0 aliphatic rings. The van der Waals surface area contributed by atoms with Crippen LogP contribution >= 0.6 is 15.9 Å². The largest absolute Gasteiger partial charge is 0.489 e. The number of hydrogen-bond acceptors (Lipinski definition) is 4. The number of ether oxygens (including phenoxy) is 1. The summed E-state index contributed by atoms with van der Waals surface area (Å²) in [6, 6.07) is 12.4. The minimum Gasteiger partial charge on any atom is -0.489 e. The Morgan fingerprint density at radius 3 is 2.55 bits per heavy atom. The standard InChI is InChI=1S/C14H13BrN2O3/c1-16-13-8-10(2-7-14(13)17(18)19)9-20-12-5-3-11(15)4-6-12/h2-8,16H,9H2,1H3. The number of rotatable bonds is 5. The molecular formula is C14H13BrN2O3. The number of benzene rings is 2. The highest BCUT2D eigenvalue weighted by atomic mass is 79.9. The number of nitrogens with zero attached hydrogens (tertiary/aromatic N) is 1. The molecule has 5 nitrogen and oxygen atoms in total. The van der Waals surface area contributed by atoms with E-state index >= 15 is 0 Å². The smallest absolute Gasteiger partial charge is 0.292 e. The molecule has 104 valence electrons. The molecule has 6 heteroatoms. The first-order valence-electron chi connectivity index (χ1n) is 5.93. The first kappa shape index (κ1) is 14.3. The monoisotopic (exact) mass is 336 g/mol. The van der Waals surface area contributed by atoms with Gasteiger partial charge in [-0.2, -0.15) is 0 Å². The van der Waals surface area contributed by atoms with Crippen LogP contribution in [0.5, 0.6) is 5.75 Å². The maximum Gasteiger partial charge on any atom is 0.292 e. The third kappa shape index (κ3) is 3.48. The van der Waals surface area contributed by atoms with Crippen molar-refractivity contribution in [1.29, 1.82) is 0 Å². The van der Waals surface area contributed by atoms with E-state index in [1.165, 1.54) is 6.07 Å². The molecule has 0 spiro atoms. The molecule has 0 unspecified atom stereocenters. The average molecular weight is 337 g/mol. The molecule has 0 aliphatic heterocycles. The topological polar surface area (TPSA) is 64.4 Å². The molecular weight excluding hydrogens is 324 g/mol. The summed E-state index contributed by atoms with van der Waals surface area (Å²) in [4.78, 5) is 10.4. The average Bonchev–Trinajstić information content (AvgIpc) is 2.46. The van der Waals surface area contributed by atoms with Crippen LogP contribution in [0.25, 0.3) is 0 Å². The Balaban J connectivity index is 2.10. The van der Waals surface area contributed by atoms with Crippen molar-refractivity contribution in [3.63, 3.8) is 0 Å². The zero-order valence-electron chi connectivity index (χ0n) is 10.8. The van der Waals surface area contributed by atoms with E-state index in [1.54, 1.807) is 19.2 Å². The maximum atomic E-state index is 10.8. The van der Waals surface area contributed by atoms with Crippen molar-refractivity contribution in [3.05, 3.63) is 62.6 Å². The lowest BCUT2D eigenvalue weighted by molar-refractivity contribution is -0.384. The third-order valence-corrected chi connectivity index (χ3v) is 3.27. The second-order valence-electron chi connectivity index (χ2n) is 4.10. The Kier molecular flexibility index (Phi) is 4.57. The molecule has 2 rings (SSSR count). The minimum atomic E-state index is -0.412. The second kappa shape index (κ2) is 6.38. The van der Waals surface area contributed by atoms with Gasteiger partial charge in [0.05, 0.1) is 4.92 Å². The maximum absolute atomic E-state index is 10.8. The molecule has 2 aromatic rings. The Bertz CT molecular complexity index is 614. The van der Waals surface area contributed by atoms with Crippen LogP contribution in [-0.4, -0.2) is 12.0 Å². The summed E-state index contributed by atoms with van der Waals surface area (Å²) in [5.41, 5.74) is 1.40. The normalized spacial score (nSPS) is 10.1. The Morgan fingerprint density at radius 2 is 1.95 bits per heavy atom. The molecule has 0 saturated heterocycles. The summed E-state index contributed by atoms with van der Waals surface area (Å²) >= 11 is 3.35. The van der Waals surface area contributed by atoms with Crippen LogP contribution in [0.3, 0.4) is 0 Å². The van der Waals surface area contributed by atoms with Crippen LogP contribution in [0.4, 0.5) is 11.4 Å². The number of nitro groups is 1. The third-order valence-electron chi connectivity index (χ3n) is 2.75. The molecule has 2 aromatic carbocycles. The highest BCUT2D eigenvalue weighted by Crippen LogP contribution is 2.25. The van der Waals surface area contributed by atoms with Crippen molar-refractivity contribution in [2.24, 2.45) is 0 Å².